The zero-order valence-corrected chi connectivity index (χ0v) is 12.8. The van der Waals surface area contributed by atoms with Crippen LogP contribution in [0.5, 0.6) is 0 Å². The number of amides is 1. The van der Waals surface area contributed by atoms with Crippen molar-refractivity contribution >= 4 is 17.7 Å². The van der Waals surface area contributed by atoms with E-state index in [0.29, 0.717) is 17.7 Å². The maximum absolute atomic E-state index is 12.5. The third kappa shape index (κ3) is 2.85. The molecule has 0 bridgehead atoms. The van der Waals surface area contributed by atoms with Crippen molar-refractivity contribution in [3.63, 3.8) is 0 Å². The highest BCUT2D eigenvalue weighted by molar-refractivity contribution is 7.98. The van der Waals surface area contributed by atoms with Crippen LogP contribution in [0.4, 0.5) is 0 Å². The van der Waals surface area contributed by atoms with E-state index >= 15 is 0 Å². The normalized spacial score (nSPS) is 27.3. The third-order valence-electron chi connectivity index (χ3n) is 3.89. The van der Waals surface area contributed by atoms with E-state index in [2.05, 4.69) is 37.2 Å². The van der Waals surface area contributed by atoms with Gasteiger partial charge in [0.1, 0.15) is 0 Å². The minimum absolute atomic E-state index is 0.154. The molecule has 2 rings (SSSR count). The number of hydrogen-bond donors (Lipinski definition) is 1. The zero-order valence-electron chi connectivity index (χ0n) is 12.0. The van der Waals surface area contributed by atoms with Gasteiger partial charge in [0.15, 0.2) is 0 Å². The molecule has 4 heteroatoms. The average Bonchev–Trinajstić information content (AvgIpc) is 3.00. The Morgan fingerprint density at radius 3 is 2.61 bits per heavy atom. The lowest BCUT2D eigenvalue weighted by Crippen LogP contribution is -2.41. The van der Waals surface area contributed by atoms with E-state index in [9.17, 15) is 4.79 Å². The predicted molar refractivity (Wildman–Crippen MR) is 77.6 cm³/mol. The minimum Gasteiger partial charge on any atom is -0.325 e. The summed E-state index contributed by atoms with van der Waals surface area (Å²) in [5, 5.41) is 3.59. The van der Waals surface area contributed by atoms with E-state index in [4.69, 9.17) is 0 Å². The van der Waals surface area contributed by atoms with Crippen LogP contribution >= 0.6 is 11.8 Å². The molecule has 2 fully saturated rings. The largest absolute Gasteiger partial charge is 0.325 e. The van der Waals surface area contributed by atoms with Crippen molar-refractivity contribution in [1.82, 2.24) is 10.2 Å². The molecule has 1 amide bonds. The monoisotopic (exact) mass is 270 g/mol. The van der Waals surface area contributed by atoms with Gasteiger partial charge in [-0.3, -0.25) is 10.1 Å². The quantitative estimate of drug-likeness (QED) is 0.804. The maximum atomic E-state index is 12.5. The molecular formula is C14H26N2OS. The lowest BCUT2D eigenvalue weighted by Gasteiger charge is -2.28. The number of carbonyl (C=O) groups excluding carboxylic acids is 1. The zero-order chi connectivity index (χ0) is 13.3. The Bertz CT molecular complexity index is 315. The van der Waals surface area contributed by atoms with Gasteiger partial charge in [-0.05, 0) is 43.1 Å². The van der Waals surface area contributed by atoms with Gasteiger partial charge in [0.05, 0.1) is 11.7 Å². The Kier molecular flexibility index (Phi) is 4.27. The van der Waals surface area contributed by atoms with E-state index in [1.54, 1.807) is 0 Å². The molecule has 0 aromatic rings. The summed E-state index contributed by atoms with van der Waals surface area (Å²) >= 11 is 1.87. The van der Waals surface area contributed by atoms with Crippen molar-refractivity contribution in [2.24, 2.45) is 11.8 Å². The molecule has 1 heterocycles. The summed E-state index contributed by atoms with van der Waals surface area (Å²) in [4.78, 5) is 14.6. The van der Waals surface area contributed by atoms with Gasteiger partial charge < -0.3 is 4.90 Å². The molecule has 2 aliphatic rings. The van der Waals surface area contributed by atoms with Crippen LogP contribution < -0.4 is 5.32 Å². The second-order valence-corrected chi connectivity index (χ2v) is 7.30. The van der Waals surface area contributed by atoms with Gasteiger partial charge in [-0.15, -0.1) is 0 Å². The molecule has 1 N–H and O–H groups in total. The van der Waals surface area contributed by atoms with Crippen molar-refractivity contribution in [3.05, 3.63) is 0 Å². The summed E-state index contributed by atoms with van der Waals surface area (Å²) in [6.07, 6.45) is 5.54. The molecule has 0 aromatic carbocycles. The first-order chi connectivity index (χ1) is 8.48. The Morgan fingerprint density at radius 2 is 2.11 bits per heavy atom. The molecule has 1 saturated carbocycles. The SMILES string of the molecule is CSCC(C)CN1C(=O)C2(CC2)NC1CC(C)C. The van der Waals surface area contributed by atoms with Gasteiger partial charge in [0.2, 0.25) is 5.91 Å². The minimum atomic E-state index is -0.154. The van der Waals surface area contributed by atoms with Crippen molar-refractivity contribution in [1.29, 1.82) is 0 Å². The lowest BCUT2D eigenvalue weighted by atomic mass is 10.1. The van der Waals surface area contributed by atoms with Crippen LogP contribution in [-0.2, 0) is 4.79 Å². The molecule has 104 valence electrons. The predicted octanol–water partition coefficient (Wildman–Crippen LogP) is 2.32. The van der Waals surface area contributed by atoms with E-state index in [-0.39, 0.29) is 11.7 Å². The van der Waals surface area contributed by atoms with E-state index in [1.165, 1.54) is 0 Å². The number of nitrogens with one attached hydrogen (secondary N) is 1. The highest BCUT2D eigenvalue weighted by Crippen LogP contribution is 2.43. The number of rotatable bonds is 6. The van der Waals surface area contributed by atoms with E-state index < -0.39 is 0 Å². The first-order valence-corrected chi connectivity index (χ1v) is 8.45. The first-order valence-electron chi connectivity index (χ1n) is 7.06. The average molecular weight is 270 g/mol. The van der Waals surface area contributed by atoms with Crippen LogP contribution in [0.15, 0.2) is 0 Å². The fraction of sp³-hybridized carbons (Fsp3) is 0.929. The number of hydrogen-bond acceptors (Lipinski definition) is 3. The third-order valence-corrected chi connectivity index (χ3v) is 4.80. The number of carbonyl (C=O) groups is 1. The van der Waals surface area contributed by atoms with Crippen LogP contribution in [-0.4, -0.2) is 41.1 Å². The van der Waals surface area contributed by atoms with Gasteiger partial charge in [-0.1, -0.05) is 20.8 Å². The molecule has 1 spiro atoms. The van der Waals surface area contributed by atoms with Crippen molar-refractivity contribution < 1.29 is 4.79 Å². The number of nitrogens with zero attached hydrogens (tertiary/aromatic N) is 1. The summed E-state index contributed by atoms with van der Waals surface area (Å²) in [6, 6.07) is 0. The van der Waals surface area contributed by atoms with Gasteiger partial charge in [-0.25, -0.2) is 0 Å². The standard InChI is InChI=1S/C14H26N2OS/c1-10(2)7-12-15-14(5-6-14)13(17)16(12)8-11(3)9-18-4/h10-12,15H,5-9H2,1-4H3. The molecule has 0 radical (unpaired) electrons. The molecule has 18 heavy (non-hydrogen) atoms. The van der Waals surface area contributed by atoms with Gasteiger partial charge >= 0.3 is 0 Å². The molecule has 3 nitrogen and oxygen atoms in total. The van der Waals surface area contributed by atoms with Crippen molar-refractivity contribution in [3.8, 4) is 0 Å². The molecular weight excluding hydrogens is 244 g/mol. The fourth-order valence-corrected chi connectivity index (χ4v) is 3.55. The molecule has 1 saturated heterocycles. The van der Waals surface area contributed by atoms with Crippen molar-refractivity contribution in [2.45, 2.75) is 51.7 Å². The topological polar surface area (TPSA) is 32.3 Å². The van der Waals surface area contributed by atoms with Crippen molar-refractivity contribution in [2.75, 3.05) is 18.6 Å². The Hall–Kier alpha value is -0.220. The highest BCUT2D eigenvalue weighted by Gasteiger charge is 2.58. The summed E-state index contributed by atoms with van der Waals surface area (Å²) in [5.74, 6) is 2.70. The van der Waals surface area contributed by atoms with Gasteiger partial charge in [0, 0.05) is 6.54 Å². The molecule has 2 unspecified atom stereocenters. The van der Waals surface area contributed by atoms with E-state index in [0.717, 1.165) is 31.6 Å². The molecule has 1 aliphatic heterocycles. The summed E-state index contributed by atoms with van der Waals surface area (Å²) in [7, 11) is 0. The second kappa shape index (κ2) is 5.41. The molecule has 1 aliphatic carbocycles. The molecule has 0 aromatic heterocycles. The Morgan fingerprint density at radius 1 is 1.44 bits per heavy atom. The van der Waals surface area contributed by atoms with Gasteiger partial charge in [-0.2, -0.15) is 11.8 Å². The van der Waals surface area contributed by atoms with Crippen LogP contribution in [0.25, 0.3) is 0 Å². The summed E-state index contributed by atoms with van der Waals surface area (Å²) in [6.45, 7) is 7.61. The first kappa shape index (κ1) is 14.2. The summed E-state index contributed by atoms with van der Waals surface area (Å²) < 4.78 is 0. The highest BCUT2D eigenvalue weighted by atomic mass is 32.2. The number of thioether (sulfide) groups is 1. The molecule has 2 atom stereocenters. The van der Waals surface area contributed by atoms with Crippen LogP contribution in [0.1, 0.15) is 40.0 Å². The Balaban J connectivity index is 2.01. The maximum Gasteiger partial charge on any atom is 0.244 e. The van der Waals surface area contributed by atoms with Crippen LogP contribution in [0, 0.1) is 11.8 Å². The summed E-state index contributed by atoms with van der Waals surface area (Å²) in [5.41, 5.74) is -0.154. The van der Waals surface area contributed by atoms with Crippen LogP contribution in [0.3, 0.4) is 0 Å². The smallest absolute Gasteiger partial charge is 0.244 e. The van der Waals surface area contributed by atoms with Gasteiger partial charge in [0.25, 0.3) is 0 Å². The second-order valence-electron chi connectivity index (χ2n) is 6.39. The lowest BCUT2D eigenvalue weighted by molar-refractivity contribution is -0.131. The van der Waals surface area contributed by atoms with Crippen LogP contribution in [0.2, 0.25) is 0 Å². The Labute approximate surface area is 115 Å². The van der Waals surface area contributed by atoms with E-state index in [1.807, 2.05) is 11.8 Å². The fourth-order valence-electron chi connectivity index (χ4n) is 2.87.